The molecule has 3 aromatic rings. The summed E-state index contributed by atoms with van der Waals surface area (Å²) < 4.78 is 12.9. The first-order valence-electron chi connectivity index (χ1n) is 11.9. The molecule has 2 aromatic heterocycles. The van der Waals surface area contributed by atoms with Crippen LogP contribution in [-0.4, -0.2) is 93.8 Å². The third kappa shape index (κ3) is 5.77. The molecule has 5 atom stereocenters. The number of anilines is 1. The van der Waals surface area contributed by atoms with Gasteiger partial charge in [-0.2, -0.15) is 0 Å². The van der Waals surface area contributed by atoms with Crippen LogP contribution in [0, 0.1) is 0 Å². The number of aliphatic hydroxyl groups excluding tert-OH is 2. The number of carbonyl (C=O) groups is 1. The lowest BCUT2D eigenvalue weighted by atomic mass is 10.0. The summed E-state index contributed by atoms with van der Waals surface area (Å²) >= 11 is 0. The van der Waals surface area contributed by atoms with Crippen LogP contribution in [0.2, 0.25) is 0 Å². The van der Waals surface area contributed by atoms with Crippen molar-refractivity contribution in [2.45, 2.75) is 36.9 Å². The zero-order chi connectivity index (χ0) is 27.2. The average Bonchev–Trinajstić information content (AvgIpc) is 3.48. The van der Waals surface area contributed by atoms with Crippen molar-refractivity contribution in [3.8, 4) is 5.75 Å². The van der Waals surface area contributed by atoms with E-state index in [1.54, 1.807) is 33.7 Å². The van der Waals surface area contributed by atoms with Crippen molar-refractivity contribution >= 4 is 22.9 Å². The molecule has 0 aliphatic carbocycles. The van der Waals surface area contributed by atoms with E-state index in [-0.39, 0.29) is 19.6 Å². The third-order valence-corrected chi connectivity index (χ3v) is 6.14. The van der Waals surface area contributed by atoms with Gasteiger partial charge < -0.3 is 35.6 Å². The van der Waals surface area contributed by atoms with Gasteiger partial charge in [0.05, 0.1) is 38.2 Å². The smallest absolute Gasteiger partial charge is 0.237 e. The first-order chi connectivity index (χ1) is 18.3. The largest absolute Gasteiger partial charge is 0.493 e. The van der Waals surface area contributed by atoms with E-state index >= 15 is 0 Å². The van der Waals surface area contributed by atoms with Gasteiger partial charge in [-0.3, -0.25) is 9.36 Å². The SMILES string of the molecule is CN(C)c1ncnc2c1ncn2[C@@H]1O[C@H](CO)[C@@H](NC(=O)C(N)Cc2ccc(OCCN=[N+]=[N-])cc2)[C@H]1O. The Hall–Kier alpha value is -4.01. The van der Waals surface area contributed by atoms with Crippen molar-refractivity contribution in [1.29, 1.82) is 0 Å². The molecule has 38 heavy (non-hydrogen) atoms. The van der Waals surface area contributed by atoms with Crippen LogP contribution in [0.5, 0.6) is 5.75 Å². The van der Waals surface area contributed by atoms with Gasteiger partial charge in [-0.05, 0) is 29.6 Å². The van der Waals surface area contributed by atoms with Gasteiger partial charge in [-0.15, -0.1) is 0 Å². The molecular weight excluding hydrogens is 496 g/mol. The Kier molecular flexibility index (Phi) is 8.55. The monoisotopic (exact) mass is 526 g/mol. The number of hydrogen-bond donors (Lipinski definition) is 4. The number of nitrogens with two attached hydrogens (primary N) is 1. The molecule has 0 bridgehead atoms. The molecule has 1 unspecified atom stereocenters. The Morgan fingerprint density at radius 3 is 2.79 bits per heavy atom. The molecule has 0 spiro atoms. The van der Waals surface area contributed by atoms with Crippen molar-refractivity contribution in [2.24, 2.45) is 10.8 Å². The van der Waals surface area contributed by atoms with Gasteiger partial charge in [0, 0.05) is 19.0 Å². The minimum Gasteiger partial charge on any atom is -0.493 e. The highest BCUT2D eigenvalue weighted by molar-refractivity contribution is 5.83. The number of fused-ring (bicyclic) bond motifs is 1. The van der Waals surface area contributed by atoms with E-state index in [0.717, 1.165) is 5.56 Å². The van der Waals surface area contributed by atoms with Crippen molar-refractivity contribution in [1.82, 2.24) is 24.8 Å². The Balaban J connectivity index is 1.40. The molecule has 1 amide bonds. The number of amides is 1. The summed E-state index contributed by atoms with van der Waals surface area (Å²) in [5.41, 5.74) is 16.2. The molecule has 4 rings (SSSR count). The number of benzene rings is 1. The molecule has 15 nitrogen and oxygen atoms in total. The highest BCUT2D eigenvalue weighted by atomic mass is 16.5. The predicted octanol–water partition coefficient (Wildman–Crippen LogP) is -0.113. The number of rotatable bonds is 11. The van der Waals surface area contributed by atoms with E-state index in [9.17, 15) is 15.0 Å². The summed E-state index contributed by atoms with van der Waals surface area (Å²) in [4.78, 5) is 30.2. The Morgan fingerprint density at radius 2 is 2.11 bits per heavy atom. The van der Waals surface area contributed by atoms with E-state index in [1.165, 1.54) is 12.7 Å². The summed E-state index contributed by atoms with van der Waals surface area (Å²) in [6, 6.07) is 5.20. The highest BCUT2D eigenvalue weighted by Crippen LogP contribution is 2.32. The minimum absolute atomic E-state index is 0.220. The van der Waals surface area contributed by atoms with Crippen LogP contribution in [0.15, 0.2) is 42.0 Å². The number of hydrogen-bond acceptors (Lipinski definition) is 11. The second-order valence-electron chi connectivity index (χ2n) is 8.95. The van der Waals surface area contributed by atoms with Gasteiger partial charge >= 0.3 is 0 Å². The highest BCUT2D eigenvalue weighted by Gasteiger charge is 2.46. The number of ether oxygens (including phenoxy) is 2. The summed E-state index contributed by atoms with van der Waals surface area (Å²) in [5.74, 6) is 0.695. The topological polar surface area (TPSA) is 210 Å². The molecule has 1 fully saturated rings. The maximum atomic E-state index is 12.9. The zero-order valence-electron chi connectivity index (χ0n) is 21.0. The van der Waals surface area contributed by atoms with Crippen molar-refractivity contribution in [3.63, 3.8) is 0 Å². The van der Waals surface area contributed by atoms with Gasteiger partial charge in [0.15, 0.2) is 23.2 Å². The van der Waals surface area contributed by atoms with E-state index in [4.69, 9.17) is 20.7 Å². The molecule has 0 saturated carbocycles. The Labute approximate surface area is 217 Å². The molecule has 1 aliphatic heterocycles. The fraction of sp³-hybridized carbons (Fsp3) is 0.478. The van der Waals surface area contributed by atoms with Gasteiger partial charge in [0.25, 0.3) is 0 Å². The van der Waals surface area contributed by atoms with E-state index < -0.39 is 43.0 Å². The zero-order valence-corrected chi connectivity index (χ0v) is 21.0. The van der Waals surface area contributed by atoms with Crippen molar-refractivity contribution in [3.05, 3.63) is 52.9 Å². The number of carbonyl (C=O) groups excluding carboxylic acids is 1. The number of imidazole rings is 1. The lowest BCUT2D eigenvalue weighted by molar-refractivity contribution is -0.124. The maximum absolute atomic E-state index is 12.9. The summed E-state index contributed by atoms with van der Waals surface area (Å²) in [5, 5.41) is 27.1. The molecule has 3 heterocycles. The number of aromatic nitrogens is 4. The van der Waals surface area contributed by atoms with Gasteiger partial charge in [-0.25, -0.2) is 15.0 Å². The molecule has 1 aromatic carbocycles. The first-order valence-corrected chi connectivity index (χ1v) is 11.9. The van der Waals surface area contributed by atoms with Crippen molar-refractivity contribution in [2.75, 3.05) is 38.8 Å². The number of nitrogens with zero attached hydrogens (tertiary/aromatic N) is 8. The van der Waals surface area contributed by atoms with Crippen LogP contribution in [0.1, 0.15) is 11.8 Å². The second kappa shape index (κ2) is 12.0. The van der Waals surface area contributed by atoms with Crippen LogP contribution in [0.4, 0.5) is 5.82 Å². The number of aliphatic hydroxyl groups is 2. The lowest BCUT2D eigenvalue weighted by Gasteiger charge is -2.23. The quantitative estimate of drug-likeness (QED) is 0.113. The van der Waals surface area contributed by atoms with Crippen LogP contribution in [0.25, 0.3) is 21.6 Å². The standard InChI is InChI=1S/C23H30N10O5/c1-32(2)20-18-21(27-11-26-20)33(12-28-18)23-19(35)17(16(10-34)38-23)30-22(36)15(24)9-13-3-5-14(6-4-13)37-8-7-29-31-25/h3-6,11-12,15-17,19,23,34-35H,7-10,24H2,1-2H3,(H,30,36)/t15?,16-,17-,19-,23-/m1/s1. The predicted molar refractivity (Wildman–Crippen MR) is 136 cm³/mol. The number of nitrogens with one attached hydrogen (secondary N) is 1. The first kappa shape index (κ1) is 27.0. The van der Waals surface area contributed by atoms with Crippen LogP contribution in [-0.2, 0) is 16.0 Å². The fourth-order valence-corrected chi connectivity index (χ4v) is 4.25. The normalized spacial score (nSPS) is 21.6. The van der Waals surface area contributed by atoms with E-state index in [0.29, 0.717) is 22.7 Å². The summed E-state index contributed by atoms with van der Waals surface area (Å²) in [7, 11) is 3.66. The molecule has 0 radical (unpaired) electrons. The maximum Gasteiger partial charge on any atom is 0.237 e. The summed E-state index contributed by atoms with van der Waals surface area (Å²) in [6.45, 7) is 0.0415. The molecule has 5 N–H and O–H groups in total. The van der Waals surface area contributed by atoms with Crippen molar-refractivity contribution < 1.29 is 24.5 Å². The van der Waals surface area contributed by atoms with E-state index in [1.807, 2.05) is 14.1 Å². The molecule has 202 valence electrons. The Morgan fingerprint density at radius 1 is 1.34 bits per heavy atom. The van der Waals surface area contributed by atoms with Crippen LogP contribution < -0.4 is 20.7 Å². The molecule has 1 aliphatic rings. The second-order valence-corrected chi connectivity index (χ2v) is 8.95. The van der Waals surface area contributed by atoms with Gasteiger partial charge in [-0.1, -0.05) is 17.2 Å². The minimum atomic E-state index is -1.21. The summed E-state index contributed by atoms with van der Waals surface area (Å²) in [6.07, 6.45) is 0.0733. The number of azide groups is 1. The lowest BCUT2D eigenvalue weighted by Crippen LogP contribution is -2.53. The third-order valence-electron chi connectivity index (χ3n) is 6.14. The molecule has 1 saturated heterocycles. The van der Waals surface area contributed by atoms with Gasteiger partial charge in [0.1, 0.15) is 24.3 Å². The van der Waals surface area contributed by atoms with E-state index in [2.05, 4.69) is 30.3 Å². The van der Waals surface area contributed by atoms with Crippen LogP contribution >= 0.6 is 0 Å². The Bertz CT molecular complexity index is 1290. The van der Waals surface area contributed by atoms with Crippen LogP contribution in [0.3, 0.4) is 0 Å². The molecular formula is C23H30N10O5. The molecule has 15 heteroatoms. The van der Waals surface area contributed by atoms with Gasteiger partial charge in [0.2, 0.25) is 5.91 Å². The fourth-order valence-electron chi connectivity index (χ4n) is 4.25. The average molecular weight is 527 g/mol.